The molecule has 0 heterocycles. The summed E-state index contributed by atoms with van der Waals surface area (Å²) in [5, 5.41) is 2.83. The third-order valence-electron chi connectivity index (χ3n) is 4.02. The summed E-state index contributed by atoms with van der Waals surface area (Å²) in [6.07, 6.45) is 1.12. The number of ether oxygens (including phenoxy) is 2. The molecule has 0 saturated heterocycles. The largest absolute Gasteiger partial charge is 0.488 e. The van der Waals surface area contributed by atoms with Gasteiger partial charge in [-0.25, -0.2) is 4.79 Å². The van der Waals surface area contributed by atoms with Crippen molar-refractivity contribution in [2.75, 3.05) is 0 Å². The van der Waals surface area contributed by atoms with Crippen LogP contribution >= 0.6 is 15.9 Å². The lowest BCUT2D eigenvalue weighted by Gasteiger charge is -2.15. The molecule has 1 fully saturated rings. The smallest absolute Gasteiger partial charge is 0.342 e. The number of carbonyl (C=O) groups excluding carboxylic acids is 2. The lowest BCUT2D eigenvalue weighted by atomic mass is 10.2. The average molecular weight is 418 g/mol. The molecule has 1 saturated carbocycles. The monoisotopic (exact) mass is 417 g/mol. The zero-order valence-electron chi connectivity index (χ0n) is 14.4. The van der Waals surface area contributed by atoms with E-state index in [0.717, 1.165) is 22.9 Å². The average Bonchev–Trinajstić information content (AvgIpc) is 3.45. The summed E-state index contributed by atoms with van der Waals surface area (Å²) < 4.78 is 12.0. The van der Waals surface area contributed by atoms with E-state index in [1.54, 1.807) is 31.2 Å². The summed E-state index contributed by atoms with van der Waals surface area (Å²) in [6.45, 7) is 1.88. The Morgan fingerprint density at radius 1 is 1.15 bits per heavy atom. The highest BCUT2D eigenvalue weighted by Crippen LogP contribution is 2.23. The normalized spacial score (nSPS) is 14.4. The van der Waals surface area contributed by atoms with Gasteiger partial charge in [0, 0.05) is 16.1 Å². The third-order valence-corrected chi connectivity index (χ3v) is 4.80. The molecule has 2 aromatic rings. The highest BCUT2D eigenvalue weighted by atomic mass is 79.9. The Balaban J connectivity index is 1.64. The van der Waals surface area contributed by atoms with E-state index in [1.165, 1.54) is 0 Å². The molecule has 1 N–H and O–H groups in total. The maximum atomic E-state index is 12.5. The molecule has 0 aliphatic heterocycles. The molecule has 2 aromatic carbocycles. The second-order valence-corrected chi connectivity index (χ2v) is 7.06. The van der Waals surface area contributed by atoms with Crippen molar-refractivity contribution in [1.82, 2.24) is 5.32 Å². The van der Waals surface area contributed by atoms with Gasteiger partial charge in [0.25, 0.3) is 5.91 Å². The Morgan fingerprint density at radius 2 is 1.85 bits per heavy atom. The summed E-state index contributed by atoms with van der Waals surface area (Å²) in [5.41, 5.74) is 1.26. The quantitative estimate of drug-likeness (QED) is 0.694. The molecule has 5 nitrogen and oxygen atoms in total. The molecule has 6 heteroatoms. The molecule has 1 aliphatic rings. The predicted molar refractivity (Wildman–Crippen MR) is 101 cm³/mol. The standard InChI is InChI=1S/C20H20BrNO4/c1-13(19(23)22-15-10-11-15)26-20(24)16-7-3-5-9-18(16)25-12-14-6-2-4-8-17(14)21/h2-9,13,15H,10-12H2,1H3,(H,22,23)/t13-/m1/s1. The molecular weight excluding hydrogens is 398 g/mol. The number of hydrogen-bond acceptors (Lipinski definition) is 4. The zero-order valence-corrected chi connectivity index (χ0v) is 16.0. The third kappa shape index (κ3) is 4.85. The number of carbonyl (C=O) groups is 2. The van der Waals surface area contributed by atoms with Crippen LogP contribution in [0.15, 0.2) is 53.0 Å². The molecule has 0 radical (unpaired) electrons. The number of para-hydroxylation sites is 1. The minimum atomic E-state index is -0.848. The van der Waals surface area contributed by atoms with Crippen molar-refractivity contribution in [3.05, 3.63) is 64.1 Å². The zero-order chi connectivity index (χ0) is 18.5. The van der Waals surface area contributed by atoms with Gasteiger partial charge in [-0.15, -0.1) is 0 Å². The van der Waals surface area contributed by atoms with Crippen molar-refractivity contribution in [1.29, 1.82) is 0 Å². The Labute approximate surface area is 160 Å². The fraction of sp³-hybridized carbons (Fsp3) is 0.300. The lowest BCUT2D eigenvalue weighted by molar-refractivity contribution is -0.129. The summed E-state index contributed by atoms with van der Waals surface area (Å²) in [4.78, 5) is 24.4. The number of benzene rings is 2. The van der Waals surface area contributed by atoms with Crippen LogP contribution in [0.25, 0.3) is 0 Å². The number of amides is 1. The Kier molecular flexibility index (Phi) is 5.93. The van der Waals surface area contributed by atoms with Crippen molar-refractivity contribution in [2.24, 2.45) is 0 Å². The highest BCUT2D eigenvalue weighted by molar-refractivity contribution is 9.10. The second-order valence-electron chi connectivity index (χ2n) is 6.21. The lowest BCUT2D eigenvalue weighted by Crippen LogP contribution is -2.37. The van der Waals surface area contributed by atoms with Crippen LogP contribution in [0.1, 0.15) is 35.7 Å². The van der Waals surface area contributed by atoms with E-state index >= 15 is 0 Å². The summed E-state index contributed by atoms with van der Waals surface area (Å²) in [7, 11) is 0. The number of hydrogen-bond donors (Lipinski definition) is 1. The fourth-order valence-electron chi connectivity index (χ4n) is 2.36. The molecule has 0 unspecified atom stereocenters. The van der Waals surface area contributed by atoms with Crippen molar-refractivity contribution in [3.63, 3.8) is 0 Å². The molecule has 0 bridgehead atoms. The Bertz CT molecular complexity index is 804. The molecule has 1 amide bonds. The molecule has 1 aliphatic carbocycles. The van der Waals surface area contributed by atoms with Gasteiger partial charge in [0.05, 0.1) is 0 Å². The van der Waals surface area contributed by atoms with E-state index < -0.39 is 12.1 Å². The van der Waals surface area contributed by atoms with Gasteiger partial charge in [0.2, 0.25) is 0 Å². The fourth-order valence-corrected chi connectivity index (χ4v) is 2.76. The number of nitrogens with one attached hydrogen (secondary N) is 1. The van der Waals surface area contributed by atoms with Gasteiger partial charge >= 0.3 is 5.97 Å². The maximum Gasteiger partial charge on any atom is 0.342 e. The van der Waals surface area contributed by atoms with Gasteiger partial charge in [-0.2, -0.15) is 0 Å². The van der Waals surface area contributed by atoms with Crippen LogP contribution in [-0.2, 0) is 16.1 Å². The Morgan fingerprint density at radius 3 is 2.58 bits per heavy atom. The molecular formula is C20H20BrNO4. The van der Waals surface area contributed by atoms with Crippen molar-refractivity contribution < 1.29 is 19.1 Å². The first kappa shape index (κ1) is 18.5. The van der Waals surface area contributed by atoms with Crippen LogP contribution in [0.2, 0.25) is 0 Å². The highest BCUT2D eigenvalue weighted by Gasteiger charge is 2.28. The van der Waals surface area contributed by atoms with Gasteiger partial charge in [0.15, 0.2) is 6.10 Å². The SMILES string of the molecule is C[C@@H](OC(=O)c1ccccc1OCc1ccccc1Br)C(=O)NC1CC1. The van der Waals surface area contributed by atoms with Crippen molar-refractivity contribution >= 4 is 27.8 Å². The van der Waals surface area contributed by atoms with Crippen molar-refractivity contribution in [2.45, 2.75) is 38.5 Å². The second kappa shape index (κ2) is 8.36. The van der Waals surface area contributed by atoms with Gasteiger partial charge < -0.3 is 14.8 Å². The van der Waals surface area contributed by atoms with Crippen LogP contribution in [0, 0.1) is 0 Å². The molecule has 1 atom stereocenters. The molecule has 26 heavy (non-hydrogen) atoms. The number of halogens is 1. The van der Waals surface area contributed by atoms with Crippen LogP contribution in [-0.4, -0.2) is 24.0 Å². The molecule has 3 rings (SSSR count). The summed E-state index contributed by atoms with van der Waals surface area (Å²) >= 11 is 3.47. The van der Waals surface area contributed by atoms with E-state index in [9.17, 15) is 9.59 Å². The number of esters is 1. The minimum Gasteiger partial charge on any atom is -0.488 e. The van der Waals surface area contributed by atoms with Crippen LogP contribution < -0.4 is 10.1 Å². The summed E-state index contributed by atoms with van der Waals surface area (Å²) in [6, 6.07) is 14.8. The van der Waals surface area contributed by atoms with Crippen molar-refractivity contribution in [3.8, 4) is 5.75 Å². The topological polar surface area (TPSA) is 64.6 Å². The van der Waals surface area contributed by atoms with E-state index in [2.05, 4.69) is 21.2 Å². The van der Waals surface area contributed by atoms with Gasteiger partial charge in [0.1, 0.15) is 17.9 Å². The van der Waals surface area contributed by atoms with Crippen LogP contribution in [0.5, 0.6) is 5.75 Å². The molecule has 136 valence electrons. The van der Waals surface area contributed by atoms with E-state index in [-0.39, 0.29) is 11.9 Å². The molecule has 0 aromatic heterocycles. The maximum absolute atomic E-state index is 12.5. The van der Waals surface area contributed by atoms with E-state index in [4.69, 9.17) is 9.47 Å². The van der Waals surface area contributed by atoms with Crippen LogP contribution in [0.3, 0.4) is 0 Å². The first-order chi connectivity index (χ1) is 12.5. The van der Waals surface area contributed by atoms with E-state index in [0.29, 0.717) is 17.9 Å². The van der Waals surface area contributed by atoms with Gasteiger partial charge in [-0.3, -0.25) is 4.79 Å². The van der Waals surface area contributed by atoms with Crippen LogP contribution in [0.4, 0.5) is 0 Å². The summed E-state index contributed by atoms with van der Waals surface area (Å²) in [5.74, 6) is -0.429. The first-order valence-corrected chi connectivity index (χ1v) is 9.30. The number of rotatable bonds is 7. The minimum absolute atomic E-state index is 0.226. The van der Waals surface area contributed by atoms with Gasteiger partial charge in [-0.1, -0.05) is 46.3 Å². The van der Waals surface area contributed by atoms with Gasteiger partial charge in [-0.05, 0) is 38.0 Å². The Hall–Kier alpha value is -2.34. The van der Waals surface area contributed by atoms with E-state index in [1.807, 2.05) is 24.3 Å². The first-order valence-electron chi connectivity index (χ1n) is 8.51. The predicted octanol–water partition coefficient (Wildman–Crippen LogP) is 3.85. The molecule has 0 spiro atoms.